The molecule has 1 aromatic rings. The maximum Gasteiger partial charge on any atom is 0.161 e. The van der Waals surface area contributed by atoms with E-state index in [1.165, 1.54) is 0 Å². The molecule has 0 bridgehead atoms. The second-order valence-corrected chi connectivity index (χ2v) is 4.96. The molecule has 1 aromatic carbocycles. The molecule has 0 saturated heterocycles. The van der Waals surface area contributed by atoms with Gasteiger partial charge in [0.05, 0.1) is 12.5 Å². The van der Waals surface area contributed by atoms with Crippen LogP contribution in [0.25, 0.3) is 0 Å². The van der Waals surface area contributed by atoms with E-state index in [-0.39, 0.29) is 11.8 Å². The minimum Gasteiger partial charge on any atom is -0.370 e. The summed E-state index contributed by atoms with van der Waals surface area (Å²) in [5.41, 5.74) is 1.54. The fraction of sp³-hybridized carbons (Fsp3) is 0.385. The van der Waals surface area contributed by atoms with Gasteiger partial charge in [-0.2, -0.15) is 5.26 Å². The molecule has 90 valence electrons. The Balaban J connectivity index is 3.15. The first-order valence-electron chi connectivity index (χ1n) is 5.37. The molecule has 0 aromatic heterocycles. The minimum absolute atomic E-state index is 0.0310. The summed E-state index contributed by atoms with van der Waals surface area (Å²) in [6, 6.07) is 7.78. The lowest BCUT2D eigenvalue weighted by Gasteiger charge is -2.27. The molecule has 1 unspecified atom stereocenters. The number of benzene rings is 1. The number of anilines is 1. The Morgan fingerprint density at radius 3 is 2.76 bits per heavy atom. The van der Waals surface area contributed by atoms with E-state index in [1.54, 1.807) is 13.0 Å². The summed E-state index contributed by atoms with van der Waals surface area (Å²) < 4.78 is 0.925. The molecule has 17 heavy (non-hydrogen) atoms. The van der Waals surface area contributed by atoms with Gasteiger partial charge < -0.3 is 4.90 Å². The lowest BCUT2D eigenvalue weighted by Crippen LogP contribution is -2.29. The highest BCUT2D eigenvalue weighted by atomic mass is 79.9. The molecule has 0 aliphatic carbocycles. The molecule has 1 rings (SSSR count). The van der Waals surface area contributed by atoms with Gasteiger partial charge in [-0.1, -0.05) is 15.9 Å². The summed E-state index contributed by atoms with van der Waals surface area (Å²) in [4.78, 5) is 13.5. The van der Waals surface area contributed by atoms with E-state index in [4.69, 9.17) is 5.26 Å². The third-order valence-electron chi connectivity index (χ3n) is 2.77. The zero-order valence-electron chi connectivity index (χ0n) is 10.2. The monoisotopic (exact) mass is 294 g/mol. The van der Waals surface area contributed by atoms with Crippen molar-refractivity contribution in [2.75, 3.05) is 11.9 Å². The van der Waals surface area contributed by atoms with Crippen LogP contribution in [-0.2, 0) is 0 Å². The highest BCUT2D eigenvalue weighted by molar-refractivity contribution is 9.10. The van der Waals surface area contributed by atoms with Gasteiger partial charge in [0.15, 0.2) is 5.78 Å². The summed E-state index contributed by atoms with van der Waals surface area (Å²) in [6.07, 6.45) is 0.431. The van der Waals surface area contributed by atoms with Gasteiger partial charge in [-0.3, -0.25) is 4.79 Å². The largest absolute Gasteiger partial charge is 0.370 e. The van der Waals surface area contributed by atoms with Gasteiger partial charge in [-0.15, -0.1) is 0 Å². The first kappa shape index (κ1) is 13.7. The van der Waals surface area contributed by atoms with Crippen molar-refractivity contribution < 1.29 is 4.79 Å². The van der Waals surface area contributed by atoms with E-state index in [0.29, 0.717) is 12.0 Å². The number of nitriles is 1. The van der Waals surface area contributed by atoms with Crippen molar-refractivity contribution in [3.63, 3.8) is 0 Å². The van der Waals surface area contributed by atoms with E-state index < -0.39 is 0 Å². The number of hydrogen-bond acceptors (Lipinski definition) is 3. The topological polar surface area (TPSA) is 44.1 Å². The van der Waals surface area contributed by atoms with Crippen LogP contribution in [0.3, 0.4) is 0 Å². The number of nitrogens with zero attached hydrogens (tertiary/aromatic N) is 2. The zero-order valence-corrected chi connectivity index (χ0v) is 11.8. The van der Waals surface area contributed by atoms with Crippen molar-refractivity contribution in [1.82, 2.24) is 0 Å². The van der Waals surface area contributed by atoms with Crippen LogP contribution in [0.1, 0.15) is 30.6 Å². The fourth-order valence-electron chi connectivity index (χ4n) is 1.60. The lowest BCUT2D eigenvalue weighted by atomic mass is 10.1. The molecule has 0 fully saturated rings. The zero-order chi connectivity index (χ0) is 13.0. The average Bonchev–Trinajstić information content (AvgIpc) is 2.27. The van der Waals surface area contributed by atoms with E-state index >= 15 is 0 Å². The maximum absolute atomic E-state index is 11.6. The number of Topliss-reactive ketones (excluding diaryl/α,β-unsaturated/α-hetero) is 1. The predicted molar refractivity (Wildman–Crippen MR) is 72.2 cm³/mol. The van der Waals surface area contributed by atoms with Crippen LogP contribution in [0.5, 0.6) is 0 Å². The molecule has 3 nitrogen and oxygen atoms in total. The van der Waals surface area contributed by atoms with Crippen LogP contribution in [-0.4, -0.2) is 18.9 Å². The van der Waals surface area contributed by atoms with Crippen molar-refractivity contribution in [2.45, 2.75) is 26.3 Å². The Bertz CT molecular complexity index is 465. The van der Waals surface area contributed by atoms with Gasteiger partial charge in [0, 0.05) is 28.8 Å². The summed E-state index contributed by atoms with van der Waals surface area (Å²) in [7, 11) is 1.90. The molecule has 0 aliphatic rings. The molecule has 0 N–H and O–H groups in total. The standard InChI is InChI=1S/C13H15BrN2O/c1-9(6-7-15)16(3)13-8-11(14)4-5-12(13)10(2)17/h4-5,8-9H,6H2,1-3H3. The fourth-order valence-corrected chi connectivity index (χ4v) is 1.95. The van der Waals surface area contributed by atoms with Gasteiger partial charge in [0.2, 0.25) is 0 Å². The molecule has 0 heterocycles. The number of carbonyl (C=O) groups excluding carboxylic acids is 1. The number of ketones is 1. The van der Waals surface area contributed by atoms with Gasteiger partial charge in [0.25, 0.3) is 0 Å². The van der Waals surface area contributed by atoms with Crippen molar-refractivity contribution >= 4 is 27.4 Å². The van der Waals surface area contributed by atoms with Crippen LogP contribution >= 0.6 is 15.9 Å². The van der Waals surface area contributed by atoms with Gasteiger partial charge >= 0.3 is 0 Å². The van der Waals surface area contributed by atoms with Crippen LogP contribution in [0.4, 0.5) is 5.69 Å². The van der Waals surface area contributed by atoms with Crippen LogP contribution < -0.4 is 4.90 Å². The molecule has 0 amide bonds. The normalized spacial score (nSPS) is 11.7. The summed E-state index contributed by atoms with van der Waals surface area (Å²) >= 11 is 3.40. The van der Waals surface area contributed by atoms with Crippen LogP contribution in [0.15, 0.2) is 22.7 Å². The summed E-state index contributed by atoms with van der Waals surface area (Å²) in [5, 5.41) is 8.71. The summed E-state index contributed by atoms with van der Waals surface area (Å²) in [5.74, 6) is 0.0310. The first-order chi connectivity index (χ1) is 7.97. The van der Waals surface area contributed by atoms with Crippen molar-refractivity contribution in [1.29, 1.82) is 5.26 Å². The number of hydrogen-bond donors (Lipinski definition) is 0. The van der Waals surface area contributed by atoms with Crippen LogP contribution in [0.2, 0.25) is 0 Å². The molecular formula is C13H15BrN2O. The molecule has 0 aliphatic heterocycles. The highest BCUT2D eigenvalue weighted by Crippen LogP contribution is 2.26. The van der Waals surface area contributed by atoms with Crippen molar-refractivity contribution in [2.24, 2.45) is 0 Å². The first-order valence-corrected chi connectivity index (χ1v) is 6.17. The predicted octanol–water partition coefficient (Wildman–Crippen LogP) is 3.39. The Labute approximate surface area is 110 Å². The molecule has 4 heteroatoms. The third-order valence-corrected chi connectivity index (χ3v) is 3.26. The third kappa shape index (κ3) is 3.31. The van der Waals surface area contributed by atoms with Gasteiger partial charge in [0.1, 0.15) is 0 Å². The second-order valence-electron chi connectivity index (χ2n) is 4.04. The lowest BCUT2D eigenvalue weighted by molar-refractivity contribution is 0.101. The Morgan fingerprint density at radius 1 is 1.59 bits per heavy atom. The van der Waals surface area contributed by atoms with Crippen LogP contribution in [0, 0.1) is 11.3 Å². The average molecular weight is 295 g/mol. The highest BCUT2D eigenvalue weighted by Gasteiger charge is 2.16. The van der Waals surface area contributed by atoms with E-state index in [0.717, 1.165) is 10.2 Å². The molecule has 0 radical (unpaired) electrons. The van der Waals surface area contributed by atoms with Gasteiger partial charge in [-0.25, -0.2) is 0 Å². The Morgan fingerprint density at radius 2 is 2.24 bits per heavy atom. The van der Waals surface area contributed by atoms with Crippen molar-refractivity contribution in [3.8, 4) is 6.07 Å². The molecule has 0 spiro atoms. The number of rotatable bonds is 4. The number of carbonyl (C=O) groups is 1. The smallest absolute Gasteiger partial charge is 0.161 e. The second kappa shape index (κ2) is 5.83. The quantitative estimate of drug-likeness (QED) is 0.800. The van der Waals surface area contributed by atoms with Crippen molar-refractivity contribution in [3.05, 3.63) is 28.2 Å². The molecular weight excluding hydrogens is 280 g/mol. The molecule has 1 atom stereocenters. The number of halogens is 1. The van der Waals surface area contributed by atoms with Gasteiger partial charge in [-0.05, 0) is 32.0 Å². The molecule has 0 saturated carbocycles. The Kier molecular flexibility index (Phi) is 4.71. The maximum atomic E-state index is 11.6. The Hall–Kier alpha value is -1.34. The van der Waals surface area contributed by atoms with E-state index in [2.05, 4.69) is 22.0 Å². The summed E-state index contributed by atoms with van der Waals surface area (Å²) in [6.45, 7) is 3.52. The van der Waals surface area contributed by atoms with E-state index in [9.17, 15) is 4.79 Å². The SMILES string of the molecule is CC(=O)c1ccc(Br)cc1N(C)C(C)CC#N. The van der Waals surface area contributed by atoms with E-state index in [1.807, 2.05) is 31.0 Å². The minimum atomic E-state index is 0.0310.